The first-order valence-corrected chi connectivity index (χ1v) is 7.77. The first-order chi connectivity index (χ1) is 9.18. The normalized spacial score (nSPS) is 25.6. The van der Waals surface area contributed by atoms with Crippen molar-refractivity contribution in [1.29, 1.82) is 0 Å². The van der Waals surface area contributed by atoms with Crippen molar-refractivity contribution in [3.8, 4) is 0 Å². The van der Waals surface area contributed by atoms with E-state index in [4.69, 9.17) is 4.74 Å². The largest absolute Gasteiger partial charge is 0.378 e. The molecule has 1 unspecified atom stereocenters. The number of halogens is 1. The van der Waals surface area contributed by atoms with Gasteiger partial charge in [-0.15, -0.1) is 12.4 Å². The highest BCUT2D eigenvalue weighted by Crippen LogP contribution is 2.26. The van der Waals surface area contributed by atoms with E-state index in [1.165, 1.54) is 12.8 Å². The highest BCUT2D eigenvalue weighted by Gasteiger charge is 2.27. The van der Waals surface area contributed by atoms with E-state index in [1.54, 1.807) is 0 Å². The number of rotatable bonds is 5. The maximum Gasteiger partial charge on any atom is 0.220 e. The molecular formula is C15H29ClN2O2. The molecule has 2 rings (SSSR count). The highest BCUT2D eigenvalue weighted by atomic mass is 35.5. The lowest BCUT2D eigenvalue weighted by Crippen LogP contribution is -2.43. The smallest absolute Gasteiger partial charge is 0.220 e. The molecule has 0 spiro atoms. The number of ether oxygens (including phenoxy) is 1. The third-order valence-corrected chi connectivity index (χ3v) is 4.49. The Morgan fingerprint density at radius 2 is 2.10 bits per heavy atom. The minimum absolute atomic E-state index is 0. The summed E-state index contributed by atoms with van der Waals surface area (Å²) in [6.07, 6.45) is 7.65. The number of piperidine rings is 1. The second kappa shape index (κ2) is 8.85. The number of hydrogen-bond acceptors (Lipinski definition) is 3. The summed E-state index contributed by atoms with van der Waals surface area (Å²) in [4.78, 5) is 11.9. The Hall–Kier alpha value is -0.320. The lowest BCUT2D eigenvalue weighted by atomic mass is 9.81. The number of amides is 1. The molecule has 0 bridgehead atoms. The van der Waals surface area contributed by atoms with E-state index in [2.05, 4.69) is 17.6 Å². The quantitative estimate of drug-likeness (QED) is 0.819. The maximum atomic E-state index is 11.9. The van der Waals surface area contributed by atoms with Crippen LogP contribution in [0.5, 0.6) is 0 Å². The van der Waals surface area contributed by atoms with Gasteiger partial charge < -0.3 is 15.4 Å². The van der Waals surface area contributed by atoms with Crippen molar-refractivity contribution in [3.05, 3.63) is 0 Å². The predicted molar refractivity (Wildman–Crippen MR) is 83.3 cm³/mol. The standard InChI is InChI=1S/C15H28N2O2.ClH/c1-15(7-9-16-10-8-15)12-17-14(18)6-5-13-4-2-3-11-19-13;/h13,16H,2-12H2,1H3,(H,17,18);1H. The minimum Gasteiger partial charge on any atom is -0.378 e. The van der Waals surface area contributed by atoms with Crippen LogP contribution in [0.15, 0.2) is 0 Å². The van der Waals surface area contributed by atoms with Gasteiger partial charge in [0, 0.05) is 19.6 Å². The molecule has 2 aliphatic heterocycles. The molecule has 2 N–H and O–H groups in total. The molecule has 0 aromatic heterocycles. The molecule has 2 heterocycles. The van der Waals surface area contributed by atoms with Crippen LogP contribution in [0, 0.1) is 5.41 Å². The Labute approximate surface area is 128 Å². The first kappa shape index (κ1) is 17.7. The summed E-state index contributed by atoms with van der Waals surface area (Å²) >= 11 is 0. The molecule has 2 saturated heterocycles. The van der Waals surface area contributed by atoms with Crippen molar-refractivity contribution in [1.82, 2.24) is 10.6 Å². The number of hydrogen-bond donors (Lipinski definition) is 2. The summed E-state index contributed by atoms with van der Waals surface area (Å²) in [6, 6.07) is 0. The summed E-state index contributed by atoms with van der Waals surface area (Å²) in [7, 11) is 0. The second-order valence-electron chi connectivity index (χ2n) is 6.36. The number of carbonyl (C=O) groups is 1. The zero-order valence-corrected chi connectivity index (χ0v) is 13.4. The van der Waals surface area contributed by atoms with Crippen LogP contribution in [0.2, 0.25) is 0 Å². The maximum absolute atomic E-state index is 11.9. The zero-order chi connectivity index (χ0) is 13.6. The van der Waals surface area contributed by atoms with Crippen molar-refractivity contribution in [2.75, 3.05) is 26.2 Å². The average molecular weight is 305 g/mol. The van der Waals surface area contributed by atoms with E-state index in [0.29, 0.717) is 12.5 Å². The average Bonchev–Trinajstić information content (AvgIpc) is 2.45. The Balaban J connectivity index is 0.00000200. The van der Waals surface area contributed by atoms with Gasteiger partial charge in [-0.1, -0.05) is 6.92 Å². The van der Waals surface area contributed by atoms with Gasteiger partial charge in [-0.25, -0.2) is 0 Å². The molecule has 2 fully saturated rings. The van der Waals surface area contributed by atoms with Crippen molar-refractivity contribution < 1.29 is 9.53 Å². The monoisotopic (exact) mass is 304 g/mol. The second-order valence-corrected chi connectivity index (χ2v) is 6.36. The van der Waals surface area contributed by atoms with Gasteiger partial charge in [0.25, 0.3) is 0 Å². The zero-order valence-electron chi connectivity index (χ0n) is 12.6. The summed E-state index contributed by atoms with van der Waals surface area (Å²) in [5.74, 6) is 0.189. The van der Waals surface area contributed by atoms with Crippen molar-refractivity contribution in [2.24, 2.45) is 5.41 Å². The van der Waals surface area contributed by atoms with Crippen LogP contribution >= 0.6 is 12.4 Å². The van der Waals surface area contributed by atoms with Crippen LogP contribution in [-0.2, 0) is 9.53 Å². The fourth-order valence-electron chi connectivity index (χ4n) is 2.93. The van der Waals surface area contributed by atoms with Crippen molar-refractivity contribution >= 4 is 18.3 Å². The van der Waals surface area contributed by atoms with Gasteiger partial charge in [0.2, 0.25) is 5.91 Å². The molecule has 0 radical (unpaired) electrons. The molecule has 4 nitrogen and oxygen atoms in total. The van der Waals surface area contributed by atoms with Crippen LogP contribution in [-0.4, -0.2) is 38.3 Å². The molecule has 5 heteroatoms. The lowest BCUT2D eigenvalue weighted by molar-refractivity contribution is -0.122. The molecule has 0 aromatic carbocycles. The fourth-order valence-corrected chi connectivity index (χ4v) is 2.93. The Kier molecular flexibility index (Phi) is 7.85. The van der Waals surface area contributed by atoms with Crippen molar-refractivity contribution in [2.45, 2.75) is 58.0 Å². The van der Waals surface area contributed by atoms with E-state index >= 15 is 0 Å². The summed E-state index contributed by atoms with van der Waals surface area (Å²) in [5, 5.41) is 6.48. The third-order valence-electron chi connectivity index (χ3n) is 4.49. The van der Waals surface area contributed by atoms with Gasteiger partial charge in [0.1, 0.15) is 0 Å². The molecule has 0 aliphatic carbocycles. The van der Waals surface area contributed by atoms with Crippen LogP contribution in [0.4, 0.5) is 0 Å². The van der Waals surface area contributed by atoms with Crippen molar-refractivity contribution in [3.63, 3.8) is 0 Å². The third kappa shape index (κ3) is 5.98. The van der Waals surface area contributed by atoms with Crippen LogP contribution in [0.3, 0.4) is 0 Å². The summed E-state index contributed by atoms with van der Waals surface area (Å²) in [5.41, 5.74) is 0.280. The highest BCUT2D eigenvalue weighted by molar-refractivity contribution is 5.85. The van der Waals surface area contributed by atoms with Gasteiger partial charge in [0.15, 0.2) is 0 Å². The van der Waals surface area contributed by atoms with Gasteiger partial charge in [-0.2, -0.15) is 0 Å². The SMILES string of the molecule is CC1(CNC(=O)CCC2CCCCO2)CCNCC1.Cl. The van der Waals surface area contributed by atoms with Gasteiger partial charge in [-0.05, 0) is 57.0 Å². The Morgan fingerprint density at radius 3 is 2.75 bits per heavy atom. The van der Waals surface area contributed by atoms with E-state index in [0.717, 1.165) is 51.9 Å². The van der Waals surface area contributed by atoms with Gasteiger partial charge in [0.05, 0.1) is 6.10 Å². The predicted octanol–water partition coefficient (Wildman–Crippen LogP) is 2.26. The van der Waals surface area contributed by atoms with Crippen LogP contribution < -0.4 is 10.6 Å². The molecule has 20 heavy (non-hydrogen) atoms. The molecule has 118 valence electrons. The lowest BCUT2D eigenvalue weighted by Gasteiger charge is -2.34. The molecule has 0 aromatic rings. The molecule has 2 aliphatic rings. The first-order valence-electron chi connectivity index (χ1n) is 7.77. The minimum atomic E-state index is 0. The summed E-state index contributed by atoms with van der Waals surface area (Å²) < 4.78 is 5.65. The summed E-state index contributed by atoms with van der Waals surface area (Å²) in [6.45, 7) is 6.11. The fraction of sp³-hybridized carbons (Fsp3) is 0.933. The molecular weight excluding hydrogens is 276 g/mol. The number of carbonyl (C=O) groups excluding carboxylic acids is 1. The molecule has 1 amide bonds. The topological polar surface area (TPSA) is 50.4 Å². The Bertz CT molecular complexity index is 288. The molecule has 0 saturated carbocycles. The van der Waals surface area contributed by atoms with E-state index in [-0.39, 0.29) is 23.7 Å². The van der Waals surface area contributed by atoms with E-state index in [9.17, 15) is 4.79 Å². The van der Waals surface area contributed by atoms with Crippen LogP contribution in [0.1, 0.15) is 51.9 Å². The molecule has 1 atom stereocenters. The number of nitrogens with one attached hydrogen (secondary N) is 2. The van der Waals surface area contributed by atoms with Gasteiger partial charge in [-0.3, -0.25) is 4.79 Å². The Morgan fingerprint density at radius 1 is 1.35 bits per heavy atom. The van der Waals surface area contributed by atoms with Crippen LogP contribution in [0.25, 0.3) is 0 Å². The van der Waals surface area contributed by atoms with E-state index in [1.807, 2.05) is 0 Å². The van der Waals surface area contributed by atoms with E-state index < -0.39 is 0 Å². The van der Waals surface area contributed by atoms with Gasteiger partial charge >= 0.3 is 0 Å².